The van der Waals surface area contributed by atoms with Crippen LogP contribution in [0.4, 0.5) is 5.69 Å². The zero-order valence-electron chi connectivity index (χ0n) is 16.8. The quantitative estimate of drug-likeness (QED) is 0.792. The fourth-order valence-electron chi connectivity index (χ4n) is 3.07. The maximum Gasteiger partial charge on any atom is 0.268 e. The van der Waals surface area contributed by atoms with Gasteiger partial charge in [-0.1, -0.05) is 12.1 Å². The summed E-state index contributed by atoms with van der Waals surface area (Å²) >= 11 is 0. The van der Waals surface area contributed by atoms with E-state index in [1.807, 2.05) is 37.3 Å². The lowest BCUT2D eigenvalue weighted by Gasteiger charge is -2.21. The number of aryl methyl sites for hydroxylation is 1. The topological polar surface area (TPSA) is 68.2 Å². The van der Waals surface area contributed by atoms with Crippen LogP contribution in [0.1, 0.15) is 25.8 Å². The van der Waals surface area contributed by atoms with Gasteiger partial charge in [-0.3, -0.25) is 4.79 Å². The first-order chi connectivity index (χ1) is 13.3. The smallest absolute Gasteiger partial charge is 0.268 e. The summed E-state index contributed by atoms with van der Waals surface area (Å²) in [4.78, 5) is 14.5. The summed E-state index contributed by atoms with van der Waals surface area (Å²) in [7, 11) is 1.55. The van der Waals surface area contributed by atoms with Gasteiger partial charge in [0.05, 0.1) is 12.7 Å². The fourth-order valence-corrected chi connectivity index (χ4v) is 3.07. The first kappa shape index (κ1) is 20.0. The summed E-state index contributed by atoms with van der Waals surface area (Å²) < 4.78 is 17.0. The number of hydrogen-bond donors (Lipinski definition) is 1. The van der Waals surface area contributed by atoms with Crippen molar-refractivity contribution < 1.29 is 24.1 Å². The number of nitrogens with zero attached hydrogens (tertiary/aromatic N) is 1. The molecule has 0 bridgehead atoms. The van der Waals surface area contributed by atoms with Crippen molar-refractivity contribution in [2.75, 3.05) is 25.2 Å². The SMILES string of the molecule is COc1cc(N2CCC(Oc3cccc(C)c3)C2=O)ccc1OCC(C)(C)O. The maximum atomic E-state index is 12.8. The molecule has 1 atom stereocenters. The van der Waals surface area contributed by atoms with Crippen LogP contribution >= 0.6 is 0 Å². The Labute approximate surface area is 165 Å². The molecule has 150 valence electrons. The van der Waals surface area contributed by atoms with Crippen LogP contribution in [-0.2, 0) is 4.79 Å². The second-order valence-corrected chi connectivity index (χ2v) is 7.64. The van der Waals surface area contributed by atoms with Crippen molar-refractivity contribution in [2.45, 2.75) is 38.9 Å². The molecule has 1 N–H and O–H groups in total. The minimum atomic E-state index is -0.949. The van der Waals surface area contributed by atoms with Crippen LogP contribution in [0.5, 0.6) is 17.2 Å². The molecule has 1 aliphatic rings. The Morgan fingerprint density at radius 2 is 1.96 bits per heavy atom. The fraction of sp³-hybridized carbons (Fsp3) is 0.409. The first-order valence-corrected chi connectivity index (χ1v) is 9.35. The van der Waals surface area contributed by atoms with Gasteiger partial charge >= 0.3 is 0 Å². The lowest BCUT2D eigenvalue weighted by atomic mass is 10.2. The average Bonchev–Trinajstić information content (AvgIpc) is 3.00. The van der Waals surface area contributed by atoms with E-state index < -0.39 is 11.7 Å². The number of methoxy groups -OCH3 is 1. The van der Waals surface area contributed by atoms with Crippen molar-refractivity contribution >= 4 is 11.6 Å². The molecule has 0 radical (unpaired) electrons. The molecule has 6 nitrogen and oxygen atoms in total. The molecule has 1 fully saturated rings. The summed E-state index contributed by atoms with van der Waals surface area (Å²) in [5, 5.41) is 9.84. The minimum Gasteiger partial charge on any atom is -0.493 e. The van der Waals surface area contributed by atoms with Gasteiger partial charge in [0, 0.05) is 24.7 Å². The number of anilines is 1. The Balaban J connectivity index is 1.72. The summed E-state index contributed by atoms with van der Waals surface area (Å²) in [5.41, 5.74) is 0.869. The highest BCUT2D eigenvalue weighted by Crippen LogP contribution is 2.34. The molecule has 2 aromatic carbocycles. The van der Waals surface area contributed by atoms with Crippen molar-refractivity contribution in [2.24, 2.45) is 0 Å². The van der Waals surface area contributed by atoms with Gasteiger partial charge in [0.25, 0.3) is 5.91 Å². The molecule has 1 amide bonds. The molecule has 1 saturated heterocycles. The maximum absolute atomic E-state index is 12.8. The van der Waals surface area contributed by atoms with Crippen molar-refractivity contribution in [1.82, 2.24) is 0 Å². The third-order valence-corrected chi connectivity index (χ3v) is 4.46. The molecular formula is C22H27NO5. The van der Waals surface area contributed by atoms with Crippen molar-refractivity contribution in [1.29, 1.82) is 0 Å². The van der Waals surface area contributed by atoms with E-state index in [-0.39, 0.29) is 12.5 Å². The Morgan fingerprint density at radius 1 is 1.18 bits per heavy atom. The van der Waals surface area contributed by atoms with Crippen molar-refractivity contribution in [3.63, 3.8) is 0 Å². The number of carbonyl (C=O) groups is 1. The van der Waals surface area contributed by atoms with E-state index in [2.05, 4.69) is 0 Å². The zero-order valence-corrected chi connectivity index (χ0v) is 16.8. The molecule has 0 aliphatic carbocycles. The number of ether oxygens (including phenoxy) is 3. The third kappa shape index (κ3) is 4.75. The average molecular weight is 385 g/mol. The van der Waals surface area contributed by atoms with Gasteiger partial charge in [-0.25, -0.2) is 0 Å². The van der Waals surface area contributed by atoms with Crippen LogP contribution in [0.15, 0.2) is 42.5 Å². The van der Waals surface area contributed by atoms with Crippen molar-refractivity contribution in [3.8, 4) is 17.2 Å². The van der Waals surface area contributed by atoms with Crippen LogP contribution < -0.4 is 19.1 Å². The van der Waals surface area contributed by atoms with E-state index in [1.54, 1.807) is 38.0 Å². The summed E-state index contributed by atoms with van der Waals surface area (Å²) in [5.74, 6) is 1.66. The second-order valence-electron chi connectivity index (χ2n) is 7.64. The highest BCUT2D eigenvalue weighted by molar-refractivity contribution is 5.99. The number of carbonyl (C=O) groups excluding carboxylic acids is 1. The second kappa shape index (κ2) is 8.10. The van der Waals surface area contributed by atoms with Crippen LogP contribution in [0.25, 0.3) is 0 Å². The summed E-state index contributed by atoms with van der Waals surface area (Å²) in [6.07, 6.45) is 0.116. The van der Waals surface area contributed by atoms with Gasteiger partial charge in [0.2, 0.25) is 0 Å². The van der Waals surface area contributed by atoms with Crippen LogP contribution in [-0.4, -0.2) is 43.0 Å². The van der Waals surface area contributed by atoms with E-state index in [0.29, 0.717) is 30.2 Å². The van der Waals surface area contributed by atoms with Crippen LogP contribution in [0.2, 0.25) is 0 Å². The van der Waals surface area contributed by atoms with Gasteiger partial charge in [0.1, 0.15) is 12.4 Å². The predicted molar refractivity (Wildman–Crippen MR) is 107 cm³/mol. The summed E-state index contributed by atoms with van der Waals surface area (Å²) in [6.45, 7) is 6.04. The number of benzene rings is 2. The molecule has 28 heavy (non-hydrogen) atoms. The molecule has 1 aliphatic heterocycles. The lowest BCUT2D eigenvalue weighted by molar-refractivity contribution is -0.122. The van der Waals surface area contributed by atoms with Crippen molar-refractivity contribution in [3.05, 3.63) is 48.0 Å². The molecule has 3 rings (SSSR count). The highest BCUT2D eigenvalue weighted by Gasteiger charge is 2.34. The lowest BCUT2D eigenvalue weighted by Crippen LogP contribution is -2.32. The molecule has 0 spiro atoms. The number of aliphatic hydroxyl groups is 1. The monoisotopic (exact) mass is 385 g/mol. The molecule has 6 heteroatoms. The van der Waals surface area contributed by atoms with E-state index in [9.17, 15) is 9.90 Å². The molecule has 2 aromatic rings. The number of hydrogen-bond acceptors (Lipinski definition) is 5. The van der Waals surface area contributed by atoms with E-state index >= 15 is 0 Å². The van der Waals surface area contributed by atoms with E-state index in [1.165, 1.54) is 0 Å². The molecule has 0 aromatic heterocycles. The Bertz CT molecular complexity index is 843. The van der Waals surface area contributed by atoms with Gasteiger partial charge < -0.3 is 24.2 Å². The Morgan fingerprint density at radius 3 is 2.64 bits per heavy atom. The molecule has 1 heterocycles. The van der Waals surface area contributed by atoms with E-state index in [4.69, 9.17) is 14.2 Å². The van der Waals surface area contributed by atoms with E-state index in [0.717, 1.165) is 11.3 Å². The molecule has 0 saturated carbocycles. The first-order valence-electron chi connectivity index (χ1n) is 9.35. The third-order valence-electron chi connectivity index (χ3n) is 4.46. The normalized spacial score (nSPS) is 17.0. The molecule has 1 unspecified atom stereocenters. The van der Waals surface area contributed by atoms with Crippen LogP contribution in [0, 0.1) is 6.92 Å². The number of amides is 1. The minimum absolute atomic E-state index is 0.0753. The van der Waals surface area contributed by atoms with Gasteiger partial charge in [0.15, 0.2) is 17.6 Å². The predicted octanol–water partition coefficient (Wildman–Crippen LogP) is 3.34. The largest absolute Gasteiger partial charge is 0.493 e. The standard InChI is InChI=1S/C22H27NO5/c1-15-6-5-7-17(12-15)28-19-10-11-23(21(19)24)16-8-9-18(20(13-16)26-4)27-14-22(2,3)25/h5-9,12-13,19,25H,10-11,14H2,1-4H3. The zero-order chi connectivity index (χ0) is 20.3. The van der Waals surface area contributed by atoms with Crippen LogP contribution in [0.3, 0.4) is 0 Å². The number of rotatable bonds is 7. The van der Waals surface area contributed by atoms with Gasteiger partial charge in [-0.15, -0.1) is 0 Å². The van der Waals surface area contributed by atoms with Gasteiger partial charge in [-0.2, -0.15) is 0 Å². The Hall–Kier alpha value is -2.73. The van der Waals surface area contributed by atoms with Gasteiger partial charge in [-0.05, 0) is 50.6 Å². The Kier molecular flexibility index (Phi) is 5.79. The molecular weight excluding hydrogens is 358 g/mol. The summed E-state index contributed by atoms with van der Waals surface area (Å²) in [6, 6.07) is 13.0. The highest BCUT2D eigenvalue weighted by atomic mass is 16.5.